The Kier molecular flexibility index (Phi) is 17.5. The summed E-state index contributed by atoms with van der Waals surface area (Å²) in [6, 6.07) is 3.36. The zero-order valence-corrected chi connectivity index (χ0v) is 21.9. The summed E-state index contributed by atoms with van der Waals surface area (Å²) in [4.78, 5) is 12.7. The summed E-state index contributed by atoms with van der Waals surface area (Å²) in [6.45, 7) is 17.6. The summed E-state index contributed by atoms with van der Waals surface area (Å²) in [6.07, 6.45) is 15.0. The molecule has 0 bridgehead atoms. The number of Topliss-reactive ketones (excluding diaryl/α,β-unsaturated/α-hetero) is 1. The van der Waals surface area contributed by atoms with Crippen LogP contribution in [0.4, 0.5) is 8.78 Å². The molecule has 0 radical (unpaired) electrons. The van der Waals surface area contributed by atoms with Crippen molar-refractivity contribution in [2.75, 3.05) is 0 Å². The number of hydrogen-bond donors (Lipinski definition) is 1. The van der Waals surface area contributed by atoms with E-state index in [1.165, 1.54) is 11.6 Å². The number of nitrogens with one attached hydrogen (secondary N) is 1. The topological polar surface area (TPSA) is 29.1 Å². The maximum Gasteiger partial charge on any atom is 0.159 e. The van der Waals surface area contributed by atoms with Gasteiger partial charge in [0.05, 0.1) is 6.04 Å². The highest BCUT2D eigenvalue weighted by atomic mass is 19.2. The van der Waals surface area contributed by atoms with Crippen molar-refractivity contribution in [3.05, 3.63) is 84.1 Å². The quantitative estimate of drug-likeness (QED) is 0.242. The Morgan fingerprint density at radius 1 is 1.12 bits per heavy atom. The minimum absolute atomic E-state index is 0.116. The van der Waals surface area contributed by atoms with Gasteiger partial charge in [0.25, 0.3) is 0 Å². The predicted octanol–water partition coefficient (Wildman–Crippen LogP) is 9.17. The summed E-state index contributed by atoms with van der Waals surface area (Å²) in [7, 11) is 0. The summed E-state index contributed by atoms with van der Waals surface area (Å²) >= 11 is 0. The van der Waals surface area contributed by atoms with Crippen LogP contribution in [0.5, 0.6) is 0 Å². The van der Waals surface area contributed by atoms with Gasteiger partial charge >= 0.3 is 0 Å². The van der Waals surface area contributed by atoms with Crippen molar-refractivity contribution in [3.63, 3.8) is 0 Å². The molecule has 2 atom stereocenters. The van der Waals surface area contributed by atoms with E-state index in [1.807, 2.05) is 32.9 Å². The molecule has 0 aromatic heterocycles. The average molecular weight is 474 g/mol. The lowest BCUT2D eigenvalue weighted by molar-refractivity contribution is -0.119. The van der Waals surface area contributed by atoms with Gasteiger partial charge in [0, 0.05) is 18.5 Å². The van der Waals surface area contributed by atoms with Gasteiger partial charge in [0.1, 0.15) is 5.78 Å². The third-order valence-electron chi connectivity index (χ3n) is 5.52. The van der Waals surface area contributed by atoms with E-state index < -0.39 is 17.7 Å². The molecule has 1 N–H and O–H groups in total. The Morgan fingerprint density at radius 2 is 1.82 bits per heavy atom. The van der Waals surface area contributed by atoms with Crippen molar-refractivity contribution in [3.8, 4) is 0 Å². The second kappa shape index (κ2) is 18.9. The molecule has 2 unspecified atom stereocenters. The molecule has 0 heterocycles. The molecular formula is C30H45F2NO. The molecule has 34 heavy (non-hydrogen) atoms. The molecular weight excluding hydrogens is 428 g/mol. The van der Waals surface area contributed by atoms with Gasteiger partial charge in [-0.25, -0.2) is 8.78 Å². The predicted molar refractivity (Wildman–Crippen MR) is 143 cm³/mol. The number of benzene rings is 1. The van der Waals surface area contributed by atoms with E-state index >= 15 is 0 Å². The zero-order valence-electron chi connectivity index (χ0n) is 21.9. The molecule has 1 aromatic carbocycles. The first-order valence-corrected chi connectivity index (χ1v) is 12.6. The highest BCUT2D eigenvalue weighted by Gasteiger charge is 2.18. The standard InChI is InChI=1S/C28H39F2NO.C2H6/c1-6-10-22(11-7-2)15-16-23(12-8-3)13-9-14-25(32)20-28(31-21(4)5)24-17-18-26(29)27(30)19-24;1-2/h6-7,10-11,17-19,23,28,31H,1,4,8-9,12-16,20H2,2-3,5H3;1-2H3/b11-7-,22-10+;. The highest BCUT2D eigenvalue weighted by molar-refractivity contribution is 5.79. The number of hydrogen-bond acceptors (Lipinski definition) is 2. The first-order valence-electron chi connectivity index (χ1n) is 12.6. The molecule has 1 rings (SSSR count). The Hall–Kier alpha value is -2.49. The van der Waals surface area contributed by atoms with Crippen LogP contribution in [0.15, 0.2) is 66.9 Å². The molecule has 0 saturated carbocycles. The second-order valence-corrected chi connectivity index (χ2v) is 8.46. The van der Waals surface area contributed by atoms with Crippen molar-refractivity contribution in [1.29, 1.82) is 0 Å². The maximum absolute atomic E-state index is 13.7. The van der Waals surface area contributed by atoms with Crippen molar-refractivity contribution < 1.29 is 13.6 Å². The maximum atomic E-state index is 13.7. The molecule has 0 aliphatic carbocycles. The number of rotatable bonds is 16. The fourth-order valence-electron chi connectivity index (χ4n) is 4.00. The lowest BCUT2D eigenvalue weighted by atomic mass is 9.89. The van der Waals surface area contributed by atoms with Crippen molar-refractivity contribution in [1.82, 2.24) is 5.32 Å². The number of ketones is 1. The second-order valence-electron chi connectivity index (χ2n) is 8.46. The molecule has 0 spiro atoms. The summed E-state index contributed by atoms with van der Waals surface area (Å²) < 4.78 is 27.0. The molecule has 190 valence electrons. The van der Waals surface area contributed by atoms with Gasteiger partial charge in [0.2, 0.25) is 0 Å². The van der Waals surface area contributed by atoms with E-state index in [-0.39, 0.29) is 12.2 Å². The fraction of sp³-hybridized carbons (Fsp3) is 0.500. The molecule has 0 amide bonds. The normalized spacial score (nSPS) is 13.1. The van der Waals surface area contributed by atoms with Gasteiger partial charge in [0.15, 0.2) is 11.6 Å². The van der Waals surface area contributed by atoms with Crippen molar-refractivity contribution in [2.24, 2.45) is 5.92 Å². The lowest BCUT2D eigenvalue weighted by Gasteiger charge is -2.20. The molecule has 0 aliphatic rings. The smallest absolute Gasteiger partial charge is 0.159 e. The molecule has 1 aromatic rings. The highest BCUT2D eigenvalue weighted by Crippen LogP contribution is 2.25. The minimum atomic E-state index is -0.909. The molecule has 2 nitrogen and oxygen atoms in total. The first kappa shape index (κ1) is 31.5. The van der Waals surface area contributed by atoms with Gasteiger partial charge in [-0.05, 0) is 62.3 Å². The molecule has 4 heteroatoms. The fourth-order valence-corrected chi connectivity index (χ4v) is 4.00. The summed E-state index contributed by atoms with van der Waals surface area (Å²) in [5.74, 6) is -1.10. The summed E-state index contributed by atoms with van der Waals surface area (Å²) in [5.41, 5.74) is 2.51. The molecule has 0 fully saturated rings. The Balaban J connectivity index is 0.00000529. The molecule has 0 aliphatic heterocycles. The van der Waals surface area contributed by atoms with E-state index in [1.54, 1.807) is 6.92 Å². The van der Waals surface area contributed by atoms with Gasteiger partial charge < -0.3 is 5.32 Å². The van der Waals surface area contributed by atoms with Gasteiger partial charge in [-0.15, -0.1) is 0 Å². The summed E-state index contributed by atoms with van der Waals surface area (Å²) in [5, 5.41) is 3.12. The van der Waals surface area contributed by atoms with Crippen LogP contribution in [-0.4, -0.2) is 5.78 Å². The lowest BCUT2D eigenvalue weighted by Crippen LogP contribution is -2.22. The average Bonchev–Trinajstić information content (AvgIpc) is 2.80. The van der Waals surface area contributed by atoms with Crippen LogP contribution in [0.3, 0.4) is 0 Å². The number of carbonyl (C=O) groups is 1. The van der Waals surface area contributed by atoms with Gasteiger partial charge in [-0.2, -0.15) is 0 Å². The van der Waals surface area contributed by atoms with E-state index in [2.05, 4.69) is 37.6 Å². The van der Waals surface area contributed by atoms with E-state index in [0.29, 0.717) is 23.6 Å². The van der Waals surface area contributed by atoms with Crippen LogP contribution in [0, 0.1) is 17.6 Å². The Bertz CT molecular complexity index is 810. The first-order chi connectivity index (χ1) is 16.3. The van der Waals surface area contributed by atoms with Gasteiger partial charge in [-0.3, -0.25) is 4.79 Å². The Labute approximate surface area is 206 Å². The van der Waals surface area contributed by atoms with Crippen LogP contribution >= 0.6 is 0 Å². The number of halogens is 2. The molecule has 0 saturated heterocycles. The van der Waals surface area contributed by atoms with Crippen molar-refractivity contribution in [2.45, 2.75) is 92.0 Å². The third kappa shape index (κ3) is 13.3. The number of allylic oxidation sites excluding steroid dienone is 6. The largest absolute Gasteiger partial charge is 0.382 e. The monoisotopic (exact) mass is 473 g/mol. The van der Waals surface area contributed by atoms with Crippen LogP contribution in [0.1, 0.15) is 97.6 Å². The SMILES string of the molecule is C=C/C=C(\C=C/C)CCC(CCC)CCCC(=O)CC(NC(=C)C)c1ccc(F)c(F)c1.CC. The number of carbonyl (C=O) groups excluding carboxylic acids is 1. The van der Waals surface area contributed by atoms with Crippen LogP contribution in [-0.2, 0) is 4.79 Å². The van der Waals surface area contributed by atoms with E-state index in [0.717, 1.165) is 50.7 Å². The van der Waals surface area contributed by atoms with Crippen LogP contribution < -0.4 is 5.32 Å². The van der Waals surface area contributed by atoms with Gasteiger partial charge in [-0.1, -0.05) is 83.6 Å². The zero-order chi connectivity index (χ0) is 25.9. The van der Waals surface area contributed by atoms with E-state index in [9.17, 15) is 13.6 Å². The minimum Gasteiger partial charge on any atom is -0.382 e. The van der Waals surface area contributed by atoms with Crippen molar-refractivity contribution >= 4 is 5.78 Å². The van der Waals surface area contributed by atoms with Crippen LogP contribution in [0.2, 0.25) is 0 Å². The Morgan fingerprint density at radius 3 is 2.38 bits per heavy atom. The van der Waals surface area contributed by atoms with Crippen LogP contribution in [0.25, 0.3) is 0 Å². The van der Waals surface area contributed by atoms with E-state index in [4.69, 9.17) is 0 Å². The third-order valence-corrected chi connectivity index (χ3v) is 5.52.